The van der Waals surface area contributed by atoms with Crippen LogP contribution in [0.25, 0.3) is 0 Å². The summed E-state index contributed by atoms with van der Waals surface area (Å²) in [5.74, 6) is 0.903. The summed E-state index contributed by atoms with van der Waals surface area (Å²) in [7, 11) is 3.17. The molecule has 3 aromatic carbocycles. The molecule has 0 radical (unpaired) electrons. The molecule has 176 valence electrons. The SMILES string of the molecule is COc1cc(CN2C(=O)c3ccccc3CC2(C)C(=O)NCc2ccccc2C)cc(OC)c1. The minimum Gasteiger partial charge on any atom is -0.497 e. The summed E-state index contributed by atoms with van der Waals surface area (Å²) in [5, 5.41) is 3.08. The number of amides is 2. The first kappa shape index (κ1) is 23.4. The molecule has 1 aliphatic rings. The van der Waals surface area contributed by atoms with Gasteiger partial charge in [0.05, 0.1) is 14.2 Å². The lowest BCUT2D eigenvalue weighted by Crippen LogP contribution is -2.62. The molecule has 0 aliphatic carbocycles. The molecule has 1 N–H and O–H groups in total. The van der Waals surface area contributed by atoms with Gasteiger partial charge in [-0.1, -0.05) is 42.5 Å². The minimum absolute atomic E-state index is 0.169. The lowest BCUT2D eigenvalue weighted by molar-refractivity contribution is -0.132. The molecule has 1 aliphatic heterocycles. The van der Waals surface area contributed by atoms with E-state index in [1.165, 1.54) is 0 Å². The molecule has 0 fully saturated rings. The van der Waals surface area contributed by atoms with Gasteiger partial charge in [0.15, 0.2) is 0 Å². The first-order valence-corrected chi connectivity index (χ1v) is 11.3. The fourth-order valence-electron chi connectivity index (χ4n) is 4.48. The van der Waals surface area contributed by atoms with E-state index in [0.29, 0.717) is 30.0 Å². The molecule has 0 saturated carbocycles. The first-order chi connectivity index (χ1) is 16.4. The quantitative estimate of drug-likeness (QED) is 0.574. The number of methoxy groups -OCH3 is 2. The van der Waals surface area contributed by atoms with Crippen LogP contribution in [-0.2, 0) is 24.3 Å². The number of nitrogens with one attached hydrogen (secondary N) is 1. The second kappa shape index (κ2) is 9.59. The molecule has 1 heterocycles. The van der Waals surface area contributed by atoms with Crippen LogP contribution in [0.15, 0.2) is 66.7 Å². The van der Waals surface area contributed by atoms with Crippen LogP contribution in [0.4, 0.5) is 0 Å². The maximum atomic E-state index is 13.7. The van der Waals surface area contributed by atoms with Crippen molar-refractivity contribution >= 4 is 11.8 Å². The maximum absolute atomic E-state index is 13.7. The van der Waals surface area contributed by atoms with Gasteiger partial charge in [-0.15, -0.1) is 0 Å². The number of carbonyl (C=O) groups is 2. The number of fused-ring (bicyclic) bond motifs is 1. The summed E-state index contributed by atoms with van der Waals surface area (Å²) in [6.07, 6.45) is 0.426. The second-order valence-electron chi connectivity index (χ2n) is 8.83. The number of aryl methyl sites for hydroxylation is 1. The van der Waals surface area contributed by atoms with Gasteiger partial charge in [0, 0.05) is 31.1 Å². The Bertz CT molecular complexity index is 1200. The number of rotatable bonds is 7. The molecule has 3 aromatic rings. The van der Waals surface area contributed by atoms with Crippen molar-refractivity contribution in [2.75, 3.05) is 14.2 Å². The molecule has 0 bridgehead atoms. The standard InChI is InChI=1S/C28H30N2O4/c1-19-9-5-6-11-22(19)17-29-27(32)28(2)16-21-10-7-8-12-25(21)26(31)30(28)18-20-13-23(33-3)15-24(14-20)34-4/h5-15H,16-18H2,1-4H3,(H,29,32). The summed E-state index contributed by atoms with van der Waals surface area (Å²) >= 11 is 0. The van der Waals surface area contributed by atoms with Crippen molar-refractivity contribution < 1.29 is 19.1 Å². The van der Waals surface area contributed by atoms with Crippen LogP contribution < -0.4 is 14.8 Å². The van der Waals surface area contributed by atoms with Gasteiger partial charge in [-0.05, 0) is 54.3 Å². The third-order valence-corrected chi connectivity index (χ3v) is 6.57. The predicted molar refractivity (Wildman–Crippen MR) is 131 cm³/mol. The Kier molecular flexibility index (Phi) is 6.59. The molecule has 0 aromatic heterocycles. The van der Waals surface area contributed by atoms with Gasteiger partial charge in [0.25, 0.3) is 5.91 Å². The van der Waals surface area contributed by atoms with Crippen molar-refractivity contribution in [1.82, 2.24) is 10.2 Å². The molecule has 6 heteroatoms. The predicted octanol–water partition coefficient (Wildman–Crippen LogP) is 4.29. The summed E-state index contributed by atoms with van der Waals surface area (Å²) < 4.78 is 10.8. The Hall–Kier alpha value is -3.80. The third-order valence-electron chi connectivity index (χ3n) is 6.57. The van der Waals surface area contributed by atoms with E-state index in [0.717, 1.165) is 22.3 Å². The molecule has 1 atom stereocenters. The molecular weight excluding hydrogens is 428 g/mol. The number of carbonyl (C=O) groups excluding carboxylic acids is 2. The van der Waals surface area contributed by atoms with Crippen molar-refractivity contribution in [1.29, 1.82) is 0 Å². The van der Waals surface area contributed by atoms with Gasteiger partial charge in [0.1, 0.15) is 17.0 Å². The molecule has 2 amide bonds. The fraction of sp³-hybridized carbons (Fsp3) is 0.286. The van der Waals surface area contributed by atoms with Crippen LogP contribution in [0.2, 0.25) is 0 Å². The molecule has 1 unspecified atom stereocenters. The van der Waals surface area contributed by atoms with Crippen LogP contribution in [0.1, 0.15) is 39.5 Å². The zero-order valence-corrected chi connectivity index (χ0v) is 20.1. The molecule has 0 saturated heterocycles. The molecular formula is C28H30N2O4. The molecule has 0 spiro atoms. The average Bonchev–Trinajstić information content (AvgIpc) is 2.85. The number of hydrogen-bond acceptors (Lipinski definition) is 4. The number of benzene rings is 3. The van der Waals surface area contributed by atoms with Gasteiger partial charge >= 0.3 is 0 Å². The van der Waals surface area contributed by atoms with E-state index in [4.69, 9.17) is 9.47 Å². The Morgan fingerprint density at radius 3 is 2.32 bits per heavy atom. The van der Waals surface area contributed by atoms with Crippen molar-refractivity contribution in [2.45, 2.75) is 38.9 Å². The van der Waals surface area contributed by atoms with Gasteiger partial charge in [0.2, 0.25) is 5.91 Å². The largest absolute Gasteiger partial charge is 0.497 e. The van der Waals surface area contributed by atoms with E-state index in [-0.39, 0.29) is 18.4 Å². The van der Waals surface area contributed by atoms with Gasteiger partial charge in [-0.25, -0.2) is 0 Å². The maximum Gasteiger partial charge on any atom is 0.255 e. The molecule has 34 heavy (non-hydrogen) atoms. The second-order valence-corrected chi connectivity index (χ2v) is 8.83. The van der Waals surface area contributed by atoms with E-state index in [2.05, 4.69) is 5.32 Å². The van der Waals surface area contributed by atoms with Crippen LogP contribution in [0, 0.1) is 6.92 Å². The Labute approximate surface area is 200 Å². The number of ether oxygens (including phenoxy) is 2. The highest BCUT2D eigenvalue weighted by molar-refractivity contribution is 6.02. The normalized spacial score (nSPS) is 17.2. The highest BCUT2D eigenvalue weighted by Crippen LogP contribution is 2.34. The molecule has 4 rings (SSSR count). The van der Waals surface area contributed by atoms with Crippen molar-refractivity contribution in [2.24, 2.45) is 0 Å². The summed E-state index contributed by atoms with van der Waals surface area (Å²) in [4.78, 5) is 29.0. The van der Waals surface area contributed by atoms with E-state index >= 15 is 0 Å². The Morgan fingerprint density at radius 1 is 1.00 bits per heavy atom. The molecule has 6 nitrogen and oxygen atoms in total. The highest BCUT2D eigenvalue weighted by atomic mass is 16.5. The van der Waals surface area contributed by atoms with E-state index in [1.54, 1.807) is 25.2 Å². The van der Waals surface area contributed by atoms with Crippen molar-refractivity contribution in [3.63, 3.8) is 0 Å². The van der Waals surface area contributed by atoms with Crippen molar-refractivity contribution in [3.05, 3.63) is 94.5 Å². The van der Waals surface area contributed by atoms with E-state index < -0.39 is 5.54 Å². The topological polar surface area (TPSA) is 67.9 Å². The average molecular weight is 459 g/mol. The smallest absolute Gasteiger partial charge is 0.255 e. The Morgan fingerprint density at radius 2 is 1.65 bits per heavy atom. The van der Waals surface area contributed by atoms with E-state index in [9.17, 15) is 9.59 Å². The van der Waals surface area contributed by atoms with E-state index in [1.807, 2.05) is 74.5 Å². The van der Waals surface area contributed by atoms with Crippen LogP contribution in [-0.4, -0.2) is 36.5 Å². The fourth-order valence-corrected chi connectivity index (χ4v) is 4.48. The lowest BCUT2D eigenvalue weighted by atomic mass is 9.82. The number of nitrogens with zero attached hydrogens (tertiary/aromatic N) is 1. The van der Waals surface area contributed by atoms with Crippen LogP contribution in [0.3, 0.4) is 0 Å². The third kappa shape index (κ3) is 4.49. The van der Waals surface area contributed by atoms with Gasteiger partial charge < -0.3 is 19.7 Å². The summed E-state index contributed by atoms with van der Waals surface area (Å²) in [6.45, 7) is 4.50. The van der Waals surface area contributed by atoms with Gasteiger partial charge in [-0.2, -0.15) is 0 Å². The summed E-state index contributed by atoms with van der Waals surface area (Å²) in [5.41, 5.74) is 3.41. The zero-order chi connectivity index (χ0) is 24.3. The monoisotopic (exact) mass is 458 g/mol. The van der Waals surface area contributed by atoms with Gasteiger partial charge in [-0.3, -0.25) is 9.59 Å². The zero-order valence-electron chi connectivity index (χ0n) is 20.1. The lowest BCUT2D eigenvalue weighted by Gasteiger charge is -2.44. The van der Waals surface area contributed by atoms with Crippen LogP contribution in [0.5, 0.6) is 11.5 Å². The summed E-state index contributed by atoms with van der Waals surface area (Å²) in [6, 6.07) is 21.0. The number of hydrogen-bond donors (Lipinski definition) is 1. The highest BCUT2D eigenvalue weighted by Gasteiger charge is 2.46. The minimum atomic E-state index is -1.07. The first-order valence-electron chi connectivity index (χ1n) is 11.3. The Balaban J connectivity index is 1.68. The van der Waals surface area contributed by atoms with Crippen LogP contribution >= 0.6 is 0 Å². The van der Waals surface area contributed by atoms with Crippen molar-refractivity contribution in [3.8, 4) is 11.5 Å².